The second-order valence-corrected chi connectivity index (χ2v) is 8.88. The maximum Gasteiger partial charge on any atom is 0.294 e. The van der Waals surface area contributed by atoms with Crippen molar-refractivity contribution in [1.82, 2.24) is 4.90 Å². The van der Waals surface area contributed by atoms with Gasteiger partial charge in [-0.2, -0.15) is 8.42 Å². The number of rotatable bonds is 5. The Morgan fingerprint density at radius 3 is 2.76 bits per heavy atom. The van der Waals surface area contributed by atoms with Gasteiger partial charge >= 0.3 is 0 Å². The molecule has 0 N–H and O–H groups in total. The molecule has 1 atom stereocenters. The molecule has 0 unspecified atom stereocenters. The number of amides is 1. The van der Waals surface area contributed by atoms with E-state index in [4.69, 9.17) is 11.6 Å². The summed E-state index contributed by atoms with van der Waals surface area (Å²) in [6.45, 7) is 5.69. The smallest absolute Gasteiger partial charge is 0.286 e. The van der Waals surface area contributed by atoms with Crippen LogP contribution in [0.1, 0.15) is 13.3 Å². The lowest BCUT2D eigenvalue weighted by atomic mass is 10.3. The van der Waals surface area contributed by atoms with Gasteiger partial charge in [0.15, 0.2) is 5.17 Å². The first kappa shape index (κ1) is 16.5. The first-order chi connectivity index (χ1) is 9.89. The number of thiophene rings is 1. The summed E-state index contributed by atoms with van der Waals surface area (Å²) in [5, 5.41) is -0.109. The van der Waals surface area contributed by atoms with Crippen LogP contribution >= 0.6 is 34.7 Å². The number of nitrogens with zero attached hydrogens (tertiary/aromatic N) is 2. The van der Waals surface area contributed by atoms with E-state index >= 15 is 0 Å². The lowest BCUT2D eigenvalue weighted by Crippen LogP contribution is -2.32. The second-order valence-electron chi connectivity index (χ2n) is 4.16. The summed E-state index contributed by atoms with van der Waals surface area (Å²) >= 11 is 7.86. The molecule has 1 fully saturated rings. The molecular weight excluding hydrogens is 352 g/mol. The first-order valence-corrected chi connectivity index (χ1v) is 9.59. The van der Waals surface area contributed by atoms with Gasteiger partial charge in [0.05, 0.1) is 9.59 Å². The third-order valence-electron chi connectivity index (χ3n) is 2.70. The van der Waals surface area contributed by atoms with Crippen molar-refractivity contribution in [2.75, 3.05) is 6.54 Å². The van der Waals surface area contributed by atoms with Gasteiger partial charge in [-0.25, -0.2) is 0 Å². The lowest BCUT2D eigenvalue weighted by Gasteiger charge is -2.13. The second kappa shape index (κ2) is 6.51. The zero-order valence-electron chi connectivity index (χ0n) is 11.2. The highest BCUT2D eigenvalue weighted by Crippen LogP contribution is 2.32. The summed E-state index contributed by atoms with van der Waals surface area (Å²) < 4.78 is 28.7. The van der Waals surface area contributed by atoms with Crippen LogP contribution in [0, 0.1) is 0 Å². The van der Waals surface area contributed by atoms with Crippen LogP contribution < -0.4 is 0 Å². The number of thioether (sulfide) groups is 1. The summed E-state index contributed by atoms with van der Waals surface area (Å²) in [6, 6.07) is 2.91. The summed E-state index contributed by atoms with van der Waals surface area (Å²) in [4.78, 5) is 13.5. The van der Waals surface area contributed by atoms with Crippen molar-refractivity contribution in [2.45, 2.75) is 22.8 Å². The topological polar surface area (TPSA) is 66.8 Å². The zero-order chi connectivity index (χ0) is 15.6. The van der Waals surface area contributed by atoms with E-state index in [1.54, 1.807) is 6.08 Å². The highest BCUT2D eigenvalue weighted by Gasteiger charge is 2.37. The molecule has 0 radical (unpaired) electrons. The average molecular weight is 365 g/mol. The highest BCUT2D eigenvalue weighted by atomic mass is 35.5. The van der Waals surface area contributed by atoms with E-state index < -0.39 is 10.0 Å². The fourth-order valence-corrected chi connectivity index (χ4v) is 5.48. The maximum absolute atomic E-state index is 12.2. The van der Waals surface area contributed by atoms with Crippen molar-refractivity contribution in [3.05, 3.63) is 29.1 Å². The van der Waals surface area contributed by atoms with Crippen molar-refractivity contribution in [3.8, 4) is 0 Å². The molecule has 1 aromatic rings. The van der Waals surface area contributed by atoms with Crippen molar-refractivity contribution < 1.29 is 13.2 Å². The average Bonchev–Trinajstić information content (AvgIpc) is 2.97. The van der Waals surface area contributed by atoms with Gasteiger partial charge < -0.3 is 0 Å². The molecule has 21 heavy (non-hydrogen) atoms. The van der Waals surface area contributed by atoms with Gasteiger partial charge in [0.1, 0.15) is 4.21 Å². The summed E-state index contributed by atoms with van der Waals surface area (Å²) in [6.07, 6.45) is 2.15. The van der Waals surface area contributed by atoms with Crippen molar-refractivity contribution in [1.29, 1.82) is 0 Å². The fourth-order valence-electron chi connectivity index (χ4n) is 1.72. The molecule has 5 nitrogen and oxygen atoms in total. The molecule has 114 valence electrons. The van der Waals surface area contributed by atoms with Crippen LogP contribution in [0.4, 0.5) is 0 Å². The number of carbonyl (C=O) groups is 1. The molecule has 0 aromatic carbocycles. The molecule has 1 aromatic heterocycles. The Labute approximate surface area is 136 Å². The molecule has 0 saturated carbocycles. The van der Waals surface area contributed by atoms with Crippen molar-refractivity contribution >= 4 is 55.8 Å². The standard InChI is InChI=1S/C12H13ClN2O3S3/c1-3-7-15-11(16)8(4-2)19-12(15)14-21(17,18)10-6-5-9(13)20-10/h3,5-6,8H,1,4,7H2,2H3/t8-/m0/s1. The third-order valence-corrected chi connectivity index (χ3v) is 7.13. The van der Waals surface area contributed by atoms with Crippen LogP contribution in [0.2, 0.25) is 4.34 Å². The first-order valence-electron chi connectivity index (χ1n) is 6.08. The highest BCUT2D eigenvalue weighted by molar-refractivity contribution is 8.16. The molecule has 9 heteroatoms. The minimum atomic E-state index is -3.86. The Morgan fingerprint density at radius 1 is 1.52 bits per heavy atom. The Bertz CT molecular complexity index is 696. The quantitative estimate of drug-likeness (QED) is 0.753. The van der Waals surface area contributed by atoms with Gasteiger partial charge in [-0.1, -0.05) is 36.4 Å². The van der Waals surface area contributed by atoms with Gasteiger partial charge in [-0.3, -0.25) is 9.69 Å². The van der Waals surface area contributed by atoms with Gasteiger partial charge in [-0.15, -0.1) is 22.3 Å². The van der Waals surface area contributed by atoms with E-state index in [9.17, 15) is 13.2 Å². The molecular formula is C12H13ClN2O3S3. The Kier molecular flexibility index (Phi) is 5.13. The molecule has 1 amide bonds. The third kappa shape index (κ3) is 3.50. The van der Waals surface area contributed by atoms with E-state index in [0.717, 1.165) is 11.3 Å². The number of sulfonamides is 1. The molecule has 2 rings (SSSR count). The zero-order valence-corrected chi connectivity index (χ0v) is 14.4. The molecule has 1 aliphatic rings. The van der Waals surface area contributed by atoms with Gasteiger partial charge in [0, 0.05) is 6.54 Å². The number of carbonyl (C=O) groups excluding carboxylic acids is 1. The minimum absolute atomic E-state index is 0.0616. The molecule has 1 aliphatic heterocycles. The molecule has 1 saturated heterocycles. The van der Waals surface area contributed by atoms with Crippen LogP contribution in [0.15, 0.2) is 33.4 Å². The number of amidine groups is 1. The van der Waals surface area contributed by atoms with Gasteiger partial charge in [-0.05, 0) is 18.6 Å². The van der Waals surface area contributed by atoms with E-state index in [2.05, 4.69) is 11.0 Å². The lowest BCUT2D eigenvalue weighted by molar-refractivity contribution is -0.125. The normalized spacial score (nSPS) is 21.2. The summed E-state index contributed by atoms with van der Waals surface area (Å²) in [5.74, 6) is -0.138. The van der Waals surface area contributed by atoms with Gasteiger partial charge in [0.2, 0.25) is 5.91 Å². The van der Waals surface area contributed by atoms with E-state index in [0.29, 0.717) is 10.8 Å². The van der Waals surface area contributed by atoms with Crippen LogP contribution in [0.5, 0.6) is 0 Å². The minimum Gasteiger partial charge on any atom is -0.286 e. The summed E-state index contributed by atoms with van der Waals surface area (Å²) in [7, 11) is -3.86. The molecule has 0 aliphatic carbocycles. The van der Waals surface area contributed by atoms with Crippen LogP contribution in [0.25, 0.3) is 0 Å². The van der Waals surface area contributed by atoms with E-state index in [-0.39, 0.29) is 27.1 Å². The van der Waals surface area contributed by atoms with E-state index in [1.807, 2.05) is 6.92 Å². The molecule has 0 bridgehead atoms. The Morgan fingerprint density at radius 2 is 2.24 bits per heavy atom. The largest absolute Gasteiger partial charge is 0.294 e. The Hall–Kier alpha value is -0.830. The van der Waals surface area contributed by atoms with Crippen LogP contribution in [-0.4, -0.2) is 36.2 Å². The van der Waals surface area contributed by atoms with Crippen LogP contribution in [-0.2, 0) is 14.8 Å². The monoisotopic (exact) mass is 364 g/mol. The predicted molar refractivity (Wildman–Crippen MR) is 87.5 cm³/mol. The van der Waals surface area contributed by atoms with Crippen molar-refractivity contribution in [2.24, 2.45) is 4.40 Å². The number of hydrogen-bond acceptors (Lipinski definition) is 5. The van der Waals surface area contributed by atoms with E-state index in [1.165, 1.54) is 28.8 Å². The number of halogens is 1. The number of hydrogen-bond donors (Lipinski definition) is 0. The molecule has 2 heterocycles. The predicted octanol–water partition coefficient (Wildman–Crippen LogP) is 2.99. The molecule has 0 spiro atoms. The van der Waals surface area contributed by atoms with Gasteiger partial charge in [0.25, 0.3) is 10.0 Å². The maximum atomic E-state index is 12.2. The fraction of sp³-hybridized carbons (Fsp3) is 0.333. The van der Waals surface area contributed by atoms with Crippen LogP contribution in [0.3, 0.4) is 0 Å². The Balaban J connectivity index is 2.38. The van der Waals surface area contributed by atoms with Crippen molar-refractivity contribution in [3.63, 3.8) is 0 Å². The summed E-state index contributed by atoms with van der Waals surface area (Å²) in [5.41, 5.74) is 0. The SMILES string of the molecule is C=CCN1C(=O)[C@H](CC)SC1=NS(=O)(=O)c1ccc(Cl)s1.